The predicted molar refractivity (Wildman–Crippen MR) is 26.6 cm³/mol. The summed E-state index contributed by atoms with van der Waals surface area (Å²) < 4.78 is 0. The van der Waals surface area contributed by atoms with Crippen molar-refractivity contribution < 1.29 is 20.1 Å². The minimum atomic E-state index is 0. The molecule has 0 amide bonds. The van der Waals surface area contributed by atoms with E-state index in [1.54, 1.807) is 0 Å². The third-order valence-corrected chi connectivity index (χ3v) is 1.98. The summed E-state index contributed by atoms with van der Waals surface area (Å²) in [5.41, 5.74) is 0. The molecule has 0 spiro atoms. The zero-order valence-corrected chi connectivity index (χ0v) is 6.78. The van der Waals surface area contributed by atoms with Crippen molar-refractivity contribution >= 4 is 11.8 Å². The first kappa shape index (κ1) is 7.00. The van der Waals surface area contributed by atoms with E-state index in [2.05, 4.69) is 11.8 Å². The second-order valence-electron chi connectivity index (χ2n) is 1.32. The minimum absolute atomic E-state index is 0. The Kier molecular flexibility index (Phi) is 4.86. The Morgan fingerprint density at radius 3 is 1.67 bits per heavy atom. The molecule has 0 N–H and O–H groups in total. The summed E-state index contributed by atoms with van der Waals surface area (Å²) >= 11 is 2.07. The fraction of sp³-hybridized carbons (Fsp3) is 1.00. The Balaban J connectivity index is 0.000000250. The van der Waals surface area contributed by atoms with Gasteiger partial charge in [-0.2, -0.15) is 11.8 Å². The maximum Gasteiger partial charge on any atom is 0 e. The summed E-state index contributed by atoms with van der Waals surface area (Å²) in [6, 6.07) is 0. The van der Waals surface area contributed by atoms with Crippen LogP contribution in [-0.4, -0.2) is 11.5 Å². The van der Waals surface area contributed by atoms with E-state index in [4.69, 9.17) is 0 Å². The molecule has 0 aromatic carbocycles. The van der Waals surface area contributed by atoms with Gasteiger partial charge in [-0.3, -0.25) is 0 Å². The number of hydrogen-bond acceptors (Lipinski definition) is 1. The predicted octanol–water partition coefficient (Wildman–Crippen LogP) is 1.51. The Morgan fingerprint density at radius 1 is 1.00 bits per heavy atom. The average Bonchev–Trinajstić information content (AvgIpc) is 1.76. The molecule has 2 heteroatoms. The normalized spacial score (nSPS) is 20.0. The topological polar surface area (TPSA) is 0 Å². The SMILES string of the molecule is C1CCSC1.[Ir]. The molecule has 0 unspecified atom stereocenters. The maximum absolute atomic E-state index is 2.07. The van der Waals surface area contributed by atoms with Crippen molar-refractivity contribution in [3.8, 4) is 0 Å². The molecule has 0 aromatic heterocycles. The summed E-state index contributed by atoms with van der Waals surface area (Å²) in [5.74, 6) is 2.83. The third-order valence-electron chi connectivity index (χ3n) is 0.827. The zero-order chi connectivity index (χ0) is 3.54. The van der Waals surface area contributed by atoms with Crippen LogP contribution in [0.1, 0.15) is 12.8 Å². The van der Waals surface area contributed by atoms with E-state index in [9.17, 15) is 0 Å². The Morgan fingerprint density at radius 2 is 1.50 bits per heavy atom. The summed E-state index contributed by atoms with van der Waals surface area (Å²) in [6.07, 6.45) is 2.93. The monoisotopic (exact) mass is 281 g/mol. The van der Waals surface area contributed by atoms with Gasteiger partial charge < -0.3 is 0 Å². The molecule has 0 bridgehead atoms. The Labute approximate surface area is 56.4 Å². The molecule has 1 fully saturated rings. The van der Waals surface area contributed by atoms with E-state index in [0.29, 0.717) is 0 Å². The molecule has 1 radical (unpaired) electrons. The third kappa shape index (κ3) is 2.22. The number of rotatable bonds is 0. The van der Waals surface area contributed by atoms with Crippen molar-refractivity contribution in [2.24, 2.45) is 0 Å². The van der Waals surface area contributed by atoms with Gasteiger partial charge in [-0.25, -0.2) is 0 Å². The van der Waals surface area contributed by atoms with Gasteiger partial charge in [-0.1, -0.05) is 0 Å². The molecule has 1 saturated heterocycles. The van der Waals surface area contributed by atoms with Crippen LogP contribution >= 0.6 is 11.8 Å². The summed E-state index contributed by atoms with van der Waals surface area (Å²) in [7, 11) is 0. The molecule has 1 aliphatic heterocycles. The van der Waals surface area contributed by atoms with Crippen LogP contribution in [0, 0.1) is 0 Å². The molecular formula is C4H8IrS. The molecule has 0 aromatic rings. The van der Waals surface area contributed by atoms with Crippen molar-refractivity contribution in [3.63, 3.8) is 0 Å². The van der Waals surface area contributed by atoms with Crippen LogP contribution < -0.4 is 0 Å². The van der Waals surface area contributed by atoms with Crippen LogP contribution in [0.3, 0.4) is 0 Å². The van der Waals surface area contributed by atoms with Gasteiger partial charge in [-0.05, 0) is 24.3 Å². The van der Waals surface area contributed by atoms with Crippen LogP contribution in [0.25, 0.3) is 0 Å². The van der Waals surface area contributed by atoms with Gasteiger partial charge in [0, 0.05) is 20.1 Å². The smallest absolute Gasteiger partial charge is 0 e. The quantitative estimate of drug-likeness (QED) is 0.648. The number of hydrogen-bond donors (Lipinski definition) is 0. The van der Waals surface area contributed by atoms with E-state index < -0.39 is 0 Å². The van der Waals surface area contributed by atoms with Gasteiger partial charge in [0.25, 0.3) is 0 Å². The molecule has 0 nitrogen and oxygen atoms in total. The molecule has 0 aliphatic carbocycles. The first-order valence-electron chi connectivity index (χ1n) is 2.08. The van der Waals surface area contributed by atoms with Crippen molar-refractivity contribution in [1.29, 1.82) is 0 Å². The standard InChI is InChI=1S/C4H8S.Ir/c1-2-4-5-3-1;/h1-4H2;. The average molecular weight is 280 g/mol. The summed E-state index contributed by atoms with van der Waals surface area (Å²) in [4.78, 5) is 0. The van der Waals surface area contributed by atoms with E-state index in [-0.39, 0.29) is 20.1 Å². The Hall–Kier alpha value is 0.999. The second kappa shape index (κ2) is 4.17. The van der Waals surface area contributed by atoms with Gasteiger partial charge in [0.05, 0.1) is 0 Å². The molecular weight excluding hydrogens is 272 g/mol. The van der Waals surface area contributed by atoms with Crippen LogP contribution in [0.4, 0.5) is 0 Å². The van der Waals surface area contributed by atoms with Crippen molar-refractivity contribution in [1.82, 2.24) is 0 Å². The summed E-state index contributed by atoms with van der Waals surface area (Å²) in [6.45, 7) is 0. The van der Waals surface area contributed by atoms with Gasteiger partial charge >= 0.3 is 0 Å². The molecule has 0 atom stereocenters. The molecule has 6 heavy (non-hydrogen) atoms. The molecule has 39 valence electrons. The second-order valence-corrected chi connectivity index (χ2v) is 2.54. The fourth-order valence-electron chi connectivity index (χ4n) is 0.510. The first-order valence-corrected chi connectivity index (χ1v) is 3.23. The van der Waals surface area contributed by atoms with E-state index in [1.165, 1.54) is 24.3 Å². The maximum atomic E-state index is 2.07. The van der Waals surface area contributed by atoms with E-state index >= 15 is 0 Å². The van der Waals surface area contributed by atoms with Gasteiger partial charge in [-0.15, -0.1) is 0 Å². The molecule has 1 rings (SSSR count). The van der Waals surface area contributed by atoms with Gasteiger partial charge in [0.2, 0.25) is 0 Å². The van der Waals surface area contributed by atoms with Crippen molar-refractivity contribution in [2.75, 3.05) is 11.5 Å². The molecule has 1 heterocycles. The number of thioether (sulfide) groups is 1. The van der Waals surface area contributed by atoms with E-state index in [1.807, 2.05) is 0 Å². The fourth-order valence-corrected chi connectivity index (χ4v) is 1.53. The van der Waals surface area contributed by atoms with E-state index in [0.717, 1.165) is 0 Å². The van der Waals surface area contributed by atoms with Crippen LogP contribution in [-0.2, 0) is 20.1 Å². The van der Waals surface area contributed by atoms with Crippen LogP contribution in [0.15, 0.2) is 0 Å². The first-order chi connectivity index (χ1) is 2.50. The summed E-state index contributed by atoms with van der Waals surface area (Å²) in [5, 5.41) is 0. The zero-order valence-electron chi connectivity index (χ0n) is 3.57. The van der Waals surface area contributed by atoms with Crippen LogP contribution in [0.5, 0.6) is 0 Å². The van der Waals surface area contributed by atoms with Crippen molar-refractivity contribution in [3.05, 3.63) is 0 Å². The van der Waals surface area contributed by atoms with Crippen molar-refractivity contribution in [2.45, 2.75) is 12.8 Å². The molecule has 0 saturated carbocycles. The van der Waals surface area contributed by atoms with Gasteiger partial charge in [0.15, 0.2) is 0 Å². The largest absolute Gasteiger partial charge is 0.162 e. The minimum Gasteiger partial charge on any atom is -0.162 e. The molecule has 1 aliphatic rings. The van der Waals surface area contributed by atoms with Gasteiger partial charge in [0.1, 0.15) is 0 Å². The van der Waals surface area contributed by atoms with Crippen LogP contribution in [0.2, 0.25) is 0 Å². The Bertz CT molecular complexity index is 19.1.